The van der Waals surface area contributed by atoms with Crippen LogP contribution in [0.2, 0.25) is 0 Å². The molecule has 0 fully saturated rings. The van der Waals surface area contributed by atoms with Crippen LogP contribution in [-0.2, 0) is 11.3 Å². The summed E-state index contributed by atoms with van der Waals surface area (Å²) < 4.78 is 0. The van der Waals surface area contributed by atoms with Crippen molar-refractivity contribution in [3.05, 3.63) is 42.0 Å². The van der Waals surface area contributed by atoms with Gasteiger partial charge in [-0.3, -0.25) is 9.79 Å². The number of amides is 1. The molecule has 4 heteroatoms. The third kappa shape index (κ3) is 4.97. The standard InChI is InChI=1S/C16H23N3O/c1-5-6-15(12(2)16(17)20)18-14-9-7-13(8-10-14)11-19(3)4/h5-10,12H,11H2,1-4H3,(H2,17,20)/b6-5+,18-15?. The van der Waals surface area contributed by atoms with E-state index < -0.39 is 5.92 Å². The van der Waals surface area contributed by atoms with Gasteiger partial charge in [0.15, 0.2) is 0 Å². The minimum Gasteiger partial charge on any atom is -0.369 e. The van der Waals surface area contributed by atoms with E-state index in [2.05, 4.69) is 9.89 Å². The van der Waals surface area contributed by atoms with Gasteiger partial charge in [-0.25, -0.2) is 0 Å². The number of carbonyl (C=O) groups excluding carboxylic acids is 1. The van der Waals surface area contributed by atoms with Gasteiger partial charge in [0, 0.05) is 6.54 Å². The number of hydrogen-bond donors (Lipinski definition) is 1. The largest absolute Gasteiger partial charge is 0.369 e. The van der Waals surface area contributed by atoms with E-state index in [0.29, 0.717) is 5.71 Å². The van der Waals surface area contributed by atoms with E-state index in [1.54, 1.807) is 6.92 Å². The van der Waals surface area contributed by atoms with Crippen LogP contribution in [0.1, 0.15) is 19.4 Å². The Kier molecular flexibility index (Phi) is 6.12. The third-order valence-corrected chi connectivity index (χ3v) is 2.90. The molecule has 1 amide bonds. The first-order chi connectivity index (χ1) is 9.43. The Morgan fingerprint density at radius 3 is 2.40 bits per heavy atom. The number of allylic oxidation sites excluding steroid dienone is 2. The van der Waals surface area contributed by atoms with Crippen LogP contribution in [0.15, 0.2) is 41.4 Å². The van der Waals surface area contributed by atoms with Crippen molar-refractivity contribution in [3.63, 3.8) is 0 Å². The molecule has 1 aromatic carbocycles. The number of hydrogen-bond acceptors (Lipinski definition) is 3. The topological polar surface area (TPSA) is 58.7 Å². The van der Waals surface area contributed by atoms with Crippen LogP contribution < -0.4 is 5.73 Å². The minimum atomic E-state index is -0.396. The molecule has 108 valence electrons. The van der Waals surface area contributed by atoms with Gasteiger partial charge in [0.05, 0.1) is 17.3 Å². The molecule has 0 saturated heterocycles. The molecule has 4 nitrogen and oxygen atoms in total. The fraction of sp³-hybridized carbons (Fsp3) is 0.375. The number of aliphatic imine (C=N–C) groups is 1. The van der Waals surface area contributed by atoms with Gasteiger partial charge in [0.2, 0.25) is 5.91 Å². The maximum absolute atomic E-state index is 11.3. The molecule has 0 spiro atoms. The van der Waals surface area contributed by atoms with Gasteiger partial charge in [0.1, 0.15) is 0 Å². The summed E-state index contributed by atoms with van der Waals surface area (Å²) in [5.41, 5.74) is 8.08. The maximum Gasteiger partial charge on any atom is 0.226 e. The summed E-state index contributed by atoms with van der Waals surface area (Å²) in [5.74, 6) is -0.765. The first-order valence-corrected chi connectivity index (χ1v) is 6.68. The summed E-state index contributed by atoms with van der Waals surface area (Å²) in [6.07, 6.45) is 3.68. The molecule has 1 rings (SSSR count). The Labute approximate surface area is 121 Å². The smallest absolute Gasteiger partial charge is 0.226 e. The average Bonchev–Trinajstić information content (AvgIpc) is 2.39. The van der Waals surface area contributed by atoms with Gasteiger partial charge in [-0.1, -0.05) is 18.2 Å². The van der Waals surface area contributed by atoms with Gasteiger partial charge in [-0.05, 0) is 51.7 Å². The van der Waals surface area contributed by atoms with Gasteiger partial charge >= 0.3 is 0 Å². The van der Waals surface area contributed by atoms with Gasteiger partial charge in [-0.2, -0.15) is 0 Å². The minimum absolute atomic E-state index is 0.369. The second-order valence-electron chi connectivity index (χ2n) is 5.06. The molecule has 0 bridgehead atoms. The van der Waals surface area contributed by atoms with Crippen molar-refractivity contribution in [2.45, 2.75) is 20.4 Å². The van der Waals surface area contributed by atoms with Crippen molar-refractivity contribution in [1.82, 2.24) is 4.90 Å². The summed E-state index contributed by atoms with van der Waals surface area (Å²) in [6, 6.07) is 7.99. The molecule has 1 aromatic rings. The van der Waals surface area contributed by atoms with Crippen LogP contribution >= 0.6 is 0 Å². The Morgan fingerprint density at radius 2 is 1.95 bits per heavy atom. The predicted octanol–water partition coefficient (Wildman–Crippen LogP) is 2.52. The van der Waals surface area contributed by atoms with E-state index in [-0.39, 0.29) is 5.91 Å². The lowest BCUT2D eigenvalue weighted by molar-refractivity contribution is -0.119. The SMILES string of the molecule is C/C=C/C(=Nc1ccc(CN(C)C)cc1)C(C)C(N)=O. The molecule has 0 aliphatic heterocycles. The molecular formula is C16H23N3O. The molecule has 2 N–H and O–H groups in total. The summed E-state index contributed by atoms with van der Waals surface area (Å²) in [6.45, 7) is 4.55. The zero-order valence-electron chi connectivity index (χ0n) is 12.6. The number of nitrogens with zero attached hydrogens (tertiary/aromatic N) is 2. The molecule has 1 unspecified atom stereocenters. The lowest BCUT2D eigenvalue weighted by atomic mass is 10.0. The van der Waals surface area contributed by atoms with Crippen molar-refractivity contribution >= 4 is 17.3 Å². The van der Waals surface area contributed by atoms with Gasteiger partial charge in [0.25, 0.3) is 0 Å². The first-order valence-electron chi connectivity index (χ1n) is 6.68. The monoisotopic (exact) mass is 273 g/mol. The fourth-order valence-corrected chi connectivity index (χ4v) is 1.79. The second-order valence-corrected chi connectivity index (χ2v) is 5.06. The van der Waals surface area contributed by atoms with Crippen LogP contribution in [-0.4, -0.2) is 30.6 Å². The highest BCUT2D eigenvalue weighted by atomic mass is 16.1. The van der Waals surface area contributed by atoms with Crippen molar-refractivity contribution in [2.75, 3.05) is 14.1 Å². The molecule has 0 heterocycles. The molecule has 0 saturated carbocycles. The van der Waals surface area contributed by atoms with Crippen molar-refractivity contribution in [1.29, 1.82) is 0 Å². The second kappa shape index (κ2) is 7.60. The Balaban J connectivity index is 2.97. The molecular weight excluding hydrogens is 250 g/mol. The maximum atomic E-state index is 11.3. The lowest BCUT2D eigenvalue weighted by Crippen LogP contribution is -2.26. The summed E-state index contributed by atoms with van der Waals surface area (Å²) in [4.78, 5) is 17.9. The van der Waals surface area contributed by atoms with E-state index in [4.69, 9.17) is 5.73 Å². The van der Waals surface area contributed by atoms with E-state index in [9.17, 15) is 4.79 Å². The van der Waals surface area contributed by atoms with Crippen LogP contribution in [0, 0.1) is 5.92 Å². The average molecular weight is 273 g/mol. The Hall–Kier alpha value is -1.94. The normalized spacial score (nSPS) is 13.9. The first kappa shape index (κ1) is 16.1. The van der Waals surface area contributed by atoms with E-state index in [1.807, 2.05) is 57.4 Å². The molecule has 1 atom stereocenters. The van der Waals surface area contributed by atoms with Gasteiger partial charge in [-0.15, -0.1) is 0 Å². The zero-order valence-corrected chi connectivity index (χ0v) is 12.6. The number of benzene rings is 1. The van der Waals surface area contributed by atoms with E-state index >= 15 is 0 Å². The predicted molar refractivity (Wildman–Crippen MR) is 84.1 cm³/mol. The fourth-order valence-electron chi connectivity index (χ4n) is 1.79. The highest BCUT2D eigenvalue weighted by Crippen LogP contribution is 2.16. The Morgan fingerprint density at radius 1 is 1.35 bits per heavy atom. The molecule has 0 aromatic heterocycles. The highest BCUT2D eigenvalue weighted by Gasteiger charge is 2.13. The van der Waals surface area contributed by atoms with E-state index in [1.165, 1.54) is 5.56 Å². The van der Waals surface area contributed by atoms with Gasteiger partial charge < -0.3 is 10.6 Å². The van der Waals surface area contributed by atoms with Crippen molar-refractivity contribution in [3.8, 4) is 0 Å². The molecule has 20 heavy (non-hydrogen) atoms. The van der Waals surface area contributed by atoms with Crippen molar-refractivity contribution in [2.24, 2.45) is 16.6 Å². The number of nitrogens with two attached hydrogens (primary N) is 1. The number of primary amides is 1. The lowest BCUT2D eigenvalue weighted by Gasteiger charge is -2.10. The van der Waals surface area contributed by atoms with E-state index in [0.717, 1.165) is 12.2 Å². The van der Waals surface area contributed by atoms with Crippen LogP contribution in [0.3, 0.4) is 0 Å². The zero-order chi connectivity index (χ0) is 15.1. The van der Waals surface area contributed by atoms with Crippen molar-refractivity contribution < 1.29 is 4.79 Å². The number of rotatable bonds is 6. The van der Waals surface area contributed by atoms with Crippen LogP contribution in [0.25, 0.3) is 0 Å². The summed E-state index contributed by atoms with van der Waals surface area (Å²) in [5, 5.41) is 0. The Bertz CT molecular complexity index is 501. The van der Waals surface area contributed by atoms with Crippen LogP contribution in [0.4, 0.5) is 5.69 Å². The molecule has 0 aliphatic carbocycles. The summed E-state index contributed by atoms with van der Waals surface area (Å²) in [7, 11) is 4.06. The third-order valence-electron chi connectivity index (χ3n) is 2.90. The highest BCUT2D eigenvalue weighted by molar-refractivity contribution is 6.09. The molecule has 0 aliphatic rings. The molecule has 0 radical (unpaired) electrons. The number of carbonyl (C=O) groups is 1. The van der Waals surface area contributed by atoms with Crippen LogP contribution in [0.5, 0.6) is 0 Å². The quantitative estimate of drug-likeness (QED) is 0.810. The summed E-state index contributed by atoms with van der Waals surface area (Å²) >= 11 is 0.